The smallest absolute Gasteiger partial charge is 0.325 e. The van der Waals surface area contributed by atoms with Crippen molar-refractivity contribution in [3.8, 4) is 5.69 Å². The number of urea groups is 1. The number of tetrazole rings is 1. The van der Waals surface area contributed by atoms with Crippen LogP contribution in [0.2, 0.25) is 0 Å². The number of hydrogen-bond acceptors (Lipinski definition) is 6. The first-order valence-corrected chi connectivity index (χ1v) is 10.5. The number of carbonyl (C=O) groups is 3. The number of imide groups is 1. The SMILES string of the molecule is CCc1cccc2c(C(=O)CN3C(=O)N[C@@](C)(c4cccc(-n5cnnn5)c4)C3=O)c[nH]c12. The second kappa shape index (κ2) is 7.66. The maximum absolute atomic E-state index is 13.3. The minimum atomic E-state index is -1.32. The van der Waals surface area contributed by atoms with Gasteiger partial charge in [-0.05, 0) is 47.0 Å². The quantitative estimate of drug-likeness (QED) is 0.348. The molecule has 3 amide bonds. The number of rotatable bonds is 6. The molecule has 2 N–H and O–H groups in total. The van der Waals surface area contributed by atoms with E-state index in [0.29, 0.717) is 16.8 Å². The van der Waals surface area contributed by atoms with E-state index in [2.05, 4.69) is 25.8 Å². The maximum Gasteiger partial charge on any atom is 0.325 e. The molecular weight excluding hydrogens is 422 g/mol. The van der Waals surface area contributed by atoms with Crippen molar-refractivity contribution in [1.29, 1.82) is 0 Å². The Bertz CT molecular complexity index is 1390. The van der Waals surface area contributed by atoms with E-state index in [1.807, 2.05) is 25.1 Å². The van der Waals surface area contributed by atoms with Crippen molar-refractivity contribution in [2.45, 2.75) is 25.8 Å². The third-order valence-corrected chi connectivity index (χ3v) is 6.10. The Balaban J connectivity index is 1.42. The van der Waals surface area contributed by atoms with Gasteiger partial charge in [0.25, 0.3) is 5.91 Å². The first-order chi connectivity index (χ1) is 15.9. The lowest BCUT2D eigenvalue weighted by molar-refractivity contribution is -0.130. The lowest BCUT2D eigenvalue weighted by Gasteiger charge is -2.22. The van der Waals surface area contributed by atoms with Crippen LogP contribution in [0.25, 0.3) is 16.6 Å². The van der Waals surface area contributed by atoms with E-state index in [4.69, 9.17) is 0 Å². The molecule has 1 aliphatic heterocycles. The Hall–Kier alpha value is -4.34. The molecule has 0 aliphatic carbocycles. The van der Waals surface area contributed by atoms with Crippen LogP contribution in [-0.4, -0.2) is 54.4 Å². The second-order valence-electron chi connectivity index (χ2n) is 8.07. The van der Waals surface area contributed by atoms with Gasteiger partial charge in [-0.15, -0.1) is 5.10 Å². The average molecular weight is 443 g/mol. The number of benzene rings is 2. The van der Waals surface area contributed by atoms with Gasteiger partial charge in [-0.3, -0.25) is 14.5 Å². The summed E-state index contributed by atoms with van der Waals surface area (Å²) in [4.78, 5) is 43.3. The van der Waals surface area contributed by atoms with Crippen LogP contribution in [0.1, 0.15) is 35.3 Å². The molecule has 4 aromatic rings. The van der Waals surface area contributed by atoms with Crippen LogP contribution in [-0.2, 0) is 16.8 Å². The molecule has 10 heteroatoms. The molecule has 0 spiro atoms. The average Bonchev–Trinajstić information content (AvgIpc) is 3.55. The van der Waals surface area contributed by atoms with Gasteiger partial charge in [0.2, 0.25) is 0 Å². The number of hydrogen-bond donors (Lipinski definition) is 2. The number of aromatic amines is 1. The molecule has 2 aromatic carbocycles. The highest BCUT2D eigenvalue weighted by atomic mass is 16.2. The van der Waals surface area contributed by atoms with E-state index < -0.39 is 17.5 Å². The molecule has 5 rings (SSSR count). The summed E-state index contributed by atoms with van der Waals surface area (Å²) in [7, 11) is 0. The van der Waals surface area contributed by atoms with E-state index in [9.17, 15) is 14.4 Å². The monoisotopic (exact) mass is 443 g/mol. The predicted molar refractivity (Wildman–Crippen MR) is 119 cm³/mol. The normalized spacial score (nSPS) is 18.2. The van der Waals surface area contributed by atoms with Crippen molar-refractivity contribution in [2.24, 2.45) is 0 Å². The number of carbonyl (C=O) groups excluding carboxylic acids is 3. The summed E-state index contributed by atoms with van der Waals surface area (Å²) >= 11 is 0. The summed E-state index contributed by atoms with van der Waals surface area (Å²) in [6.45, 7) is 3.31. The fourth-order valence-corrected chi connectivity index (χ4v) is 4.25. The van der Waals surface area contributed by atoms with Gasteiger partial charge in [0.15, 0.2) is 5.78 Å². The summed E-state index contributed by atoms with van der Waals surface area (Å²) in [5.41, 5.74) is 2.32. The van der Waals surface area contributed by atoms with E-state index in [-0.39, 0.29) is 12.3 Å². The van der Waals surface area contributed by atoms with Crippen LogP contribution in [0, 0.1) is 0 Å². The third-order valence-electron chi connectivity index (χ3n) is 6.10. The van der Waals surface area contributed by atoms with Crippen molar-refractivity contribution in [1.82, 2.24) is 35.4 Å². The Morgan fingerprint density at radius 2 is 1.97 bits per heavy atom. The van der Waals surface area contributed by atoms with Crippen LogP contribution in [0.5, 0.6) is 0 Å². The van der Waals surface area contributed by atoms with Gasteiger partial charge in [0, 0.05) is 22.7 Å². The van der Waals surface area contributed by atoms with Crippen molar-refractivity contribution < 1.29 is 14.4 Å². The zero-order valence-electron chi connectivity index (χ0n) is 18.1. The van der Waals surface area contributed by atoms with Gasteiger partial charge < -0.3 is 10.3 Å². The van der Waals surface area contributed by atoms with Gasteiger partial charge in [-0.25, -0.2) is 9.48 Å². The number of amides is 3. The zero-order valence-corrected chi connectivity index (χ0v) is 18.1. The fourth-order valence-electron chi connectivity index (χ4n) is 4.25. The Labute approximate surface area is 188 Å². The minimum Gasteiger partial charge on any atom is -0.360 e. The van der Waals surface area contributed by atoms with E-state index >= 15 is 0 Å². The van der Waals surface area contributed by atoms with Gasteiger partial charge >= 0.3 is 6.03 Å². The highest BCUT2D eigenvalue weighted by molar-refractivity contribution is 6.14. The Morgan fingerprint density at radius 3 is 2.73 bits per heavy atom. The molecule has 0 saturated carbocycles. The lowest BCUT2D eigenvalue weighted by atomic mass is 9.91. The number of para-hydroxylation sites is 1. The molecule has 0 unspecified atom stereocenters. The van der Waals surface area contributed by atoms with Crippen LogP contribution >= 0.6 is 0 Å². The molecule has 2 aromatic heterocycles. The first kappa shape index (κ1) is 20.6. The maximum atomic E-state index is 13.3. The summed E-state index contributed by atoms with van der Waals surface area (Å²) in [6, 6.07) is 12.1. The molecule has 10 nitrogen and oxygen atoms in total. The molecule has 1 atom stereocenters. The van der Waals surface area contributed by atoms with E-state index in [1.54, 1.807) is 37.4 Å². The number of ketones is 1. The fraction of sp³-hybridized carbons (Fsp3) is 0.217. The van der Waals surface area contributed by atoms with E-state index in [1.165, 1.54) is 11.0 Å². The Morgan fingerprint density at radius 1 is 1.15 bits per heavy atom. The highest BCUT2D eigenvalue weighted by Gasteiger charge is 2.49. The minimum absolute atomic E-state index is 0.315. The molecule has 33 heavy (non-hydrogen) atoms. The number of H-pyrrole nitrogens is 1. The first-order valence-electron chi connectivity index (χ1n) is 10.5. The van der Waals surface area contributed by atoms with Gasteiger partial charge in [0.05, 0.1) is 12.2 Å². The molecule has 0 bridgehead atoms. The van der Waals surface area contributed by atoms with Gasteiger partial charge in [0.1, 0.15) is 11.9 Å². The van der Waals surface area contributed by atoms with Crippen molar-refractivity contribution in [3.05, 3.63) is 71.7 Å². The second-order valence-corrected chi connectivity index (χ2v) is 8.07. The van der Waals surface area contributed by atoms with Crippen LogP contribution in [0.3, 0.4) is 0 Å². The van der Waals surface area contributed by atoms with Crippen LogP contribution in [0.15, 0.2) is 55.0 Å². The topological polar surface area (TPSA) is 126 Å². The Kier molecular flexibility index (Phi) is 4.77. The molecule has 3 heterocycles. The largest absolute Gasteiger partial charge is 0.360 e. The number of aromatic nitrogens is 5. The summed E-state index contributed by atoms with van der Waals surface area (Å²) < 4.78 is 1.46. The summed E-state index contributed by atoms with van der Waals surface area (Å²) in [6.07, 6.45) is 3.90. The molecule has 166 valence electrons. The van der Waals surface area contributed by atoms with Gasteiger partial charge in [-0.1, -0.05) is 37.3 Å². The number of fused-ring (bicyclic) bond motifs is 1. The van der Waals surface area contributed by atoms with Crippen molar-refractivity contribution in [3.63, 3.8) is 0 Å². The zero-order chi connectivity index (χ0) is 23.2. The molecule has 1 aliphatic rings. The number of nitrogens with zero attached hydrogens (tertiary/aromatic N) is 5. The van der Waals surface area contributed by atoms with Crippen molar-refractivity contribution >= 4 is 28.6 Å². The summed E-state index contributed by atoms with van der Waals surface area (Å²) in [5, 5.41) is 14.6. The standard InChI is InChI=1S/C23H21N7O3/c1-3-14-6-4-9-17-18(11-24-20(14)17)19(31)12-29-21(32)23(2,26-22(29)33)15-7-5-8-16(10-15)30-13-25-27-28-30/h4-11,13,24H,3,12H2,1-2H3,(H,26,33)/t23-/m0/s1. The van der Waals surface area contributed by atoms with Crippen molar-refractivity contribution in [2.75, 3.05) is 6.54 Å². The lowest BCUT2D eigenvalue weighted by Crippen LogP contribution is -2.41. The molecule has 0 radical (unpaired) electrons. The van der Waals surface area contributed by atoms with Gasteiger partial charge in [-0.2, -0.15) is 0 Å². The van der Waals surface area contributed by atoms with E-state index in [0.717, 1.165) is 27.8 Å². The van der Waals surface area contributed by atoms with Crippen LogP contribution in [0.4, 0.5) is 4.79 Å². The predicted octanol–water partition coefficient (Wildman–Crippen LogP) is 2.36. The molecule has 1 fully saturated rings. The number of nitrogens with one attached hydrogen (secondary N) is 2. The number of Topliss-reactive ketones (excluding diaryl/α,β-unsaturated/α-hetero) is 1. The third kappa shape index (κ3) is 3.27. The number of aryl methyl sites for hydroxylation is 1. The molecular formula is C23H21N7O3. The van der Waals surface area contributed by atoms with Crippen LogP contribution < -0.4 is 5.32 Å². The summed E-state index contributed by atoms with van der Waals surface area (Å²) in [5.74, 6) is -0.812. The highest BCUT2D eigenvalue weighted by Crippen LogP contribution is 2.30. The molecule has 1 saturated heterocycles.